The lowest BCUT2D eigenvalue weighted by atomic mass is 9.74. The Morgan fingerprint density at radius 1 is 1.03 bits per heavy atom. The molecule has 0 spiro atoms. The maximum Gasteiger partial charge on any atom is 0.393 e. The summed E-state index contributed by atoms with van der Waals surface area (Å²) in [7, 11) is 0. The predicted octanol–water partition coefficient (Wildman–Crippen LogP) is 0.824. The SMILES string of the molecule is NC(=O)C1CC(C2NNCC2CN2CCN(C3CCC(C(F)(F)F)CN3)CC2)CCC1F. The van der Waals surface area contributed by atoms with Crippen molar-refractivity contribution in [3.05, 3.63) is 0 Å². The van der Waals surface area contributed by atoms with Crippen LogP contribution in [0.25, 0.3) is 0 Å². The maximum absolute atomic E-state index is 14.1. The van der Waals surface area contributed by atoms with Crippen molar-refractivity contribution in [2.75, 3.05) is 45.8 Å². The molecule has 1 saturated carbocycles. The largest absolute Gasteiger partial charge is 0.393 e. The van der Waals surface area contributed by atoms with Crippen LogP contribution in [0.15, 0.2) is 0 Å². The average molecular weight is 465 g/mol. The Balaban J connectivity index is 1.23. The van der Waals surface area contributed by atoms with Gasteiger partial charge in [0.05, 0.1) is 18.0 Å². The normalized spacial score (nSPS) is 40.4. The summed E-state index contributed by atoms with van der Waals surface area (Å²) in [5.41, 5.74) is 12.0. The number of alkyl halides is 4. The van der Waals surface area contributed by atoms with Crippen LogP contribution in [0.5, 0.6) is 0 Å². The van der Waals surface area contributed by atoms with Crippen LogP contribution in [0.2, 0.25) is 0 Å². The van der Waals surface area contributed by atoms with Crippen molar-refractivity contribution < 1.29 is 22.4 Å². The Bertz CT molecular complexity index is 636. The maximum atomic E-state index is 14.1. The number of piperazine rings is 1. The van der Waals surface area contributed by atoms with Crippen LogP contribution in [0.1, 0.15) is 32.1 Å². The van der Waals surface area contributed by atoms with Gasteiger partial charge in [0.2, 0.25) is 5.91 Å². The summed E-state index contributed by atoms with van der Waals surface area (Å²) in [6.07, 6.45) is -2.88. The third-order valence-corrected chi connectivity index (χ3v) is 8.01. The van der Waals surface area contributed by atoms with Crippen molar-refractivity contribution in [2.24, 2.45) is 29.4 Å². The number of halogens is 4. The van der Waals surface area contributed by atoms with Crippen LogP contribution in [-0.4, -0.2) is 86.1 Å². The van der Waals surface area contributed by atoms with Gasteiger partial charge in [0.1, 0.15) is 6.17 Å². The quantitative estimate of drug-likeness (QED) is 0.451. The highest BCUT2D eigenvalue weighted by molar-refractivity contribution is 5.77. The molecular weight excluding hydrogens is 428 g/mol. The number of nitrogens with one attached hydrogen (secondary N) is 3. The summed E-state index contributed by atoms with van der Waals surface area (Å²) in [5.74, 6) is -1.90. The Morgan fingerprint density at radius 2 is 1.78 bits per heavy atom. The highest BCUT2D eigenvalue weighted by Gasteiger charge is 2.44. The van der Waals surface area contributed by atoms with Crippen LogP contribution < -0.4 is 21.9 Å². The molecule has 7 atom stereocenters. The fourth-order valence-corrected chi connectivity index (χ4v) is 6.04. The second-order valence-electron chi connectivity index (χ2n) is 9.99. The summed E-state index contributed by atoms with van der Waals surface area (Å²) in [4.78, 5) is 16.3. The molecule has 5 N–H and O–H groups in total. The van der Waals surface area contributed by atoms with Crippen LogP contribution in [0.3, 0.4) is 0 Å². The van der Waals surface area contributed by atoms with Crippen molar-refractivity contribution in [3.63, 3.8) is 0 Å². The first-order chi connectivity index (χ1) is 15.2. The monoisotopic (exact) mass is 464 g/mol. The molecule has 0 aromatic rings. The van der Waals surface area contributed by atoms with Crippen LogP contribution in [-0.2, 0) is 4.79 Å². The lowest BCUT2D eigenvalue weighted by molar-refractivity contribution is -0.182. The first kappa shape index (κ1) is 24.1. The van der Waals surface area contributed by atoms with E-state index in [0.717, 1.165) is 45.7 Å². The molecule has 11 heteroatoms. The third-order valence-electron chi connectivity index (χ3n) is 8.01. The molecule has 7 unspecified atom stereocenters. The number of rotatable bonds is 5. The van der Waals surface area contributed by atoms with Crippen molar-refractivity contribution in [1.29, 1.82) is 0 Å². The highest BCUT2D eigenvalue weighted by atomic mass is 19.4. The lowest BCUT2D eigenvalue weighted by Crippen LogP contribution is -2.58. The first-order valence-corrected chi connectivity index (χ1v) is 11.9. The van der Waals surface area contributed by atoms with Gasteiger partial charge in [0.15, 0.2) is 0 Å². The van der Waals surface area contributed by atoms with Crippen molar-refractivity contribution in [2.45, 2.75) is 56.7 Å². The van der Waals surface area contributed by atoms with E-state index in [4.69, 9.17) is 5.73 Å². The minimum Gasteiger partial charge on any atom is -0.369 e. The van der Waals surface area contributed by atoms with E-state index < -0.39 is 30.1 Å². The molecule has 1 aliphatic carbocycles. The molecule has 184 valence electrons. The van der Waals surface area contributed by atoms with E-state index in [2.05, 4.69) is 26.0 Å². The number of nitrogens with two attached hydrogens (primary N) is 1. The molecule has 0 bridgehead atoms. The van der Waals surface area contributed by atoms with Crippen LogP contribution in [0, 0.1) is 23.7 Å². The van der Waals surface area contributed by atoms with Crippen molar-refractivity contribution >= 4 is 5.91 Å². The molecule has 4 fully saturated rings. The second kappa shape index (κ2) is 10.1. The number of hydrogen-bond donors (Lipinski definition) is 4. The zero-order valence-electron chi connectivity index (χ0n) is 18.4. The second-order valence-corrected chi connectivity index (χ2v) is 9.99. The average Bonchev–Trinajstić information content (AvgIpc) is 3.22. The molecular formula is C21H36F4N6O. The summed E-state index contributed by atoms with van der Waals surface area (Å²) in [5, 5.41) is 3.10. The molecule has 32 heavy (non-hydrogen) atoms. The van der Waals surface area contributed by atoms with Crippen molar-refractivity contribution in [1.82, 2.24) is 26.0 Å². The Kier molecular flexibility index (Phi) is 7.60. The number of carbonyl (C=O) groups is 1. The van der Waals surface area contributed by atoms with E-state index in [1.54, 1.807) is 0 Å². The van der Waals surface area contributed by atoms with E-state index in [-0.39, 0.29) is 31.1 Å². The first-order valence-electron chi connectivity index (χ1n) is 11.9. The number of amides is 1. The van der Waals surface area contributed by atoms with Gasteiger partial charge in [-0.1, -0.05) is 0 Å². The number of hydrogen-bond acceptors (Lipinski definition) is 6. The van der Waals surface area contributed by atoms with Gasteiger partial charge in [-0.05, 0) is 38.0 Å². The number of carbonyl (C=O) groups excluding carboxylic acids is 1. The molecule has 7 nitrogen and oxygen atoms in total. The van der Waals surface area contributed by atoms with Gasteiger partial charge < -0.3 is 16.0 Å². The van der Waals surface area contributed by atoms with Crippen molar-refractivity contribution in [3.8, 4) is 0 Å². The summed E-state index contributed by atoms with van der Waals surface area (Å²) >= 11 is 0. The summed E-state index contributed by atoms with van der Waals surface area (Å²) in [6, 6.07) is 0.182. The molecule has 1 amide bonds. The fourth-order valence-electron chi connectivity index (χ4n) is 6.04. The van der Waals surface area contributed by atoms with Crippen LogP contribution in [0.4, 0.5) is 17.6 Å². The lowest BCUT2D eigenvalue weighted by Gasteiger charge is -2.43. The Hall–Kier alpha value is -1.01. The fraction of sp³-hybridized carbons (Fsp3) is 0.952. The molecule has 0 aromatic heterocycles. The van der Waals surface area contributed by atoms with Gasteiger partial charge >= 0.3 is 6.18 Å². The van der Waals surface area contributed by atoms with E-state index in [0.29, 0.717) is 25.2 Å². The minimum absolute atomic E-state index is 0.00287. The molecule has 3 heterocycles. The predicted molar refractivity (Wildman–Crippen MR) is 112 cm³/mol. The van der Waals surface area contributed by atoms with Gasteiger partial charge in [0.25, 0.3) is 0 Å². The van der Waals surface area contributed by atoms with Gasteiger partial charge in [-0.2, -0.15) is 13.2 Å². The van der Waals surface area contributed by atoms with E-state index in [1.807, 2.05) is 0 Å². The zero-order chi connectivity index (χ0) is 22.9. The van der Waals surface area contributed by atoms with Gasteiger partial charge in [0, 0.05) is 57.8 Å². The van der Waals surface area contributed by atoms with Gasteiger partial charge in [-0.25, -0.2) is 4.39 Å². The molecule has 3 saturated heterocycles. The molecule has 4 rings (SSSR count). The molecule has 0 aromatic carbocycles. The standard InChI is InChI=1S/C21H36F4N6O/c22-17-3-1-13(9-16(17)20(26)32)19-14(10-28-29-19)12-30-5-7-31(8-6-30)18-4-2-15(11-27-18)21(23,24)25/h13-19,27-29H,1-12H2,(H2,26,32). The van der Waals surface area contributed by atoms with Gasteiger partial charge in [-0.3, -0.25) is 20.5 Å². The zero-order valence-corrected chi connectivity index (χ0v) is 18.4. The third kappa shape index (κ3) is 5.55. The summed E-state index contributed by atoms with van der Waals surface area (Å²) in [6.45, 7) is 5.17. The van der Waals surface area contributed by atoms with Gasteiger partial charge in [-0.15, -0.1) is 0 Å². The highest BCUT2D eigenvalue weighted by Crippen LogP contribution is 2.36. The molecule has 4 aliphatic rings. The Labute approximate surface area is 186 Å². The molecule has 3 aliphatic heterocycles. The molecule has 0 radical (unpaired) electrons. The van der Waals surface area contributed by atoms with E-state index in [9.17, 15) is 22.4 Å². The summed E-state index contributed by atoms with van der Waals surface area (Å²) < 4.78 is 52.8. The topological polar surface area (TPSA) is 85.7 Å². The number of nitrogens with zero attached hydrogens (tertiary/aromatic N) is 2. The smallest absolute Gasteiger partial charge is 0.369 e. The number of piperidine rings is 1. The van der Waals surface area contributed by atoms with E-state index >= 15 is 0 Å². The van der Waals surface area contributed by atoms with E-state index in [1.165, 1.54) is 0 Å². The number of primary amides is 1. The minimum atomic E-state index is -4.11. The number of hydrazine groups is 1. The Morgan fingerprint density at radius 3 is 2.41 bits per heavy atom. The van der Waals surface area contributed by atoms with Crippen LogP contribution >= 0.6 is 0 Å².